The van der Waals surface area contributed by atoms with Crippen LogP contribution in [-0.2, 0) is 11.3 Å². The molecule has 0 saturated heterocycles. The minimum atomic E-state index is -0.404. The van der Waals surface area contributed by atoms with E-state index in [0.29, 0.717) is 29.5 Å². The molecule has 11 heteroatoms. The number of nitrogens with two attached hydrogens (primary N) is 1. The van der Waals surface area contributed by atoms with Gasteiger partial charge in [-0.15, -0.1) is 5.10 Å². The van der Waals surface area contributed by atoms with Crippen molar-refractivity contribution >= 4 is 47.1 Å². The summed E-state index contributed by atoms with van der Waals surface area (Å²) in [7, 11) is 0. The lowest BCUT2D eigenvalue weighted by Gasteiger charge is -2.27. The Morgan fingerprint density at radius 2 is 2.05 bits per heavy atom. The lowest BCUT2D eigenvalue weighted by molar-refractivity contribution is -0.120. The maximum atomic E-state index is 13.1. The normalized spacial score (nSPS) is 13.8. The lowest BCUT2D eigenvalue weighted by Crippen LogP contribution is -2.33. The largest absolute Gasteiger partial charge is 0.381 e. The molecule has 0 radical (unpaired) electrons. The van der Waals surface area contributed by atoms with Crippen molar-refractivity contribution in [2.75, 3.05) is 22.0 Å². The van der Waals surface area contributed by atoms with Crippen molar-refractivity contribution in [2.24, 2.45) is 5.92 Å². The molecule has 1 unspecified atom stereocenters. The van der Waals surface area contributed by atoms with Crippen LogP contribution < -0.4 is 15.8 Å². The summed E-state index contributed by atoms with van der Waals surface area (Å²) >= 11 is 1.50. The molecular formula is C27H30N8O2S. The Hall–Kier alpha value is -4.12. The Balaban J connectivity index is 1.53. The van der Waals surface area contributed by atoms with Gasteiger partial charge in [-0.1, -0.05) is 11.9 Å². The van der Waals surface area contributed by atoms with Gasteiger partial charge in [0, 0.05) is 54.4 Å². The van der Waals surface area contributed by atoms with E-state index >= 15 is 0 Å². The van der Waals surface area contributed by atoms with Crippen molar-refractivity contribution in [1.29, 1.82) is 0 Å². The third kappa shape index (κ3) is 5.14. The molecule has 196 valence electrons. The maximum Gasteiger partial charge on any atom is 0.263 e. The molecule has 1 atom stereocenters. The molecule has 4 N–H and O–H groups in total. The SMILES string of the molecule is CSNc1cc(-c2ccn3nc(N)c(C(=O)Nc4ccncc4)c3n2)cc(CN(C=O)C(C)C2CC2)c1C. The number of carbonyl (C=O) groups excluding carboxylic acids is 2. The number of pyridine rings is 1. The molecule has 1 fully saturated rings. The third-order valence-corrected chi connectivity index (χ3v) is 7.44. The third-order valence-electron chi connectivity index (χ3n) is 7.02. The molecule has 5 rings (SSSR count). The van der Waals surface area contributed by atoms with Gasteiger partial charge in [0.05, 0.1) is 5.69 Å². The smallest absolute Gasteiger partial charge is 0.263 e. The number of nitrogens with zero attached hydrogens (tertiary/aromatic N) is 5. The first-order valence-corrected chi connectivity index (χ1v) is 13.6. The number of nitrogens with one attached hydrogen (secondary N) is 2. The molecule has 0 bridgehead atoms. The molecular weight excluding hydrogens is 500 g/mol. The van der Waals surface area contributed by atoms with Crippen molar-refractivity contribution < 1.29 is 9.59 Å². The van der Waals surface area contributed by atoms with Gasteiger partial charge in [-0.2, -0.15) is 0 Å². The predicted molar refractivity (Wildman–Crippen MR) is 151 cm³/mol. The first-order chi connectivity index (χ1) is 18.4. The highest BCUT2D eigenvalue weighted by molar-refractivity contribution is 7.99. The van der Waals surface area contributed by atoms with Gasteiger partial charge < -0.3 is 20.7 Å². The standard InChI is InChI=1S/C27H30N8O2S/c1-16-20(14-34(15-36)17(2)18-4-5-18)12-19(13-23(16)33-38-3)22-8-11-35-26(31-22)24(25(28)32-35)27(37)30-21-6-9-29-10-7-21/h6-13,15,17-18,33H,4-5,14H2,1-3H3,(H2,28,32)(H,29,30,37). The Labute approximate surface area is 225 Å². The highest BCUT2D eigenvalue weighted by Gasteiger charge is 2.32. The van der Waals surface area contributed by atoms with Crippen LogP contribution in [0.5, 0.6) is 0 Å². The van der Waals surface area contributed by atoms with Gasteiger partial charge in [-0.05, 0) is 74.1 Å². The second-order valence-electron chi connectivity index (χ2n) is 9.50. The monoisotopic (exact) mass is 530 g/mol. The molecule has 0 aliphatic heterocycles. The van der Waals surface area contributed by atoms with Crippen LogP contribution in [0, 0.1) is 12.8 Å². The zero-order chi connectivity index (χ0) is 26.8. The molecule has 4 aromatic rings. The van der Waals surface area contributed by atoms with Gasteiger partial charge >= 0.3 is 0 Å². The predicted octanol–water partition coefficient (Wildman–Crippen LogP) is 4.38. The molecule has 1 aliphatic carbocycles. The fourth-order valence-corrected chi connectivity index (χ4v) is 5.01. The van der Waals surface area contributed by atoms with Crippen LogP contribution in [-0.4, -0.2) is 49.1 Å². The molecule has 38 heavy (non-hydrogen) atoms. The Kier molecular flexibility index (Phi) is 7.19. The first kappa shape index (κ1) is 25.5. The van der Waals surface area contributed by atoms with E-state index < -0.39 is 5.91 Å². The second kappa shape index (κ2) is 10.7. The molecule has 10 nitrogen and oxygen atoms in total. The summed E-state index contributed by atoms with van der Waals surface area (Å²) in [5.41, 5.74) is 11.8. The number of amides is 2. The maximum absolute atomic E-state index is 13.1. The van der Waals surface area contributed by atoms with Crippen molar-refractivity contribution in [1.82, 2.24) is 24.5 Å². The number of benzene rings is 1. The fraction of sp³-hybridized carbons (Fsp3) is 0.296. The number of aromatic nitrogens is 4. The topological polar surface area (TPSA) is 131 Å². The van der Waals surface area contributed by atoms with E-state index in [2.05, 4.69) is 40.0 Å². The van der Waals surface area contributed by atoms with Crippen molar-refractivity contribution in [3.63, 3.8) is 0 Å². The fourth-order valence-electron chi connectivity index (χ4n) is 4.58. The highest BCUT2D eigenvalue weighted by Crippen LogP contribution is 2.36. The van der Waals surface area contributed by atoms with Crippen LogP contribution in [0.25, 0.3) is 16.9 Å². The highest BCUT2D eigenvalue weighted by atomic mass is 32.2. The van der Waals surface area contributed by atoms with Gasteiger partial charge in [-0.3, -0.25) is 14.6 Å². The average molecular weight is 531 g/mol. The van der Waals surface area contributed by atoms with E-state index in [1.807, 2.05) is 23.3 Å². The van der Waals surface area contributed by atoms with Gasteiger partial charge in [0.1, 0.15) is 5.56 Å². The number of fused-ring (bicyclic) bond motifs is 1. The van der Waals surface area contributed by atoms with Crippen LogP contribution in [0.4, 0.5) is 17.2 Å². The average Bonchev–Trinajstić information content (AvgIpc) is 3.71. The zero-order valence-electron chi connectivity index (χ0n) is 21.5. The molecule has 0 spiro atoms. The van der Waals surface area contributed by atoms with Crippen molar-refractivity contribution in [3.05, 3.63) is 65.6 Å². The Bertz CT molecular complexity index is 1490. The summed E-state index contributed by atoms with van der Waals surface area (Å²) in [5, 5.41) is 7.11. The molecule has 1 aromatic carbocycles. The van der Waals surface area contributed by atoms with Gasteiger partial charge in [0.2, 0.25) is 6.41 Å². The van der Waals surface area contributed by atoms with Crippen LogP contribution in [0.3, 0.4) is 0 Å². The summed E-state index contributed by atoms with van der Waals surface area (Å²) < 4.78 is 4.86. The van der Waals surface area contributed by atoms with E-state index in [9.17, 15) is 9.59 Å². The second-order valence-corrected chi connectivity index (χ2v) is 10.1. The number of rotatable bonds is 10. The molecule has 3 heterocycles. The van der Waals surface area contributed by atoms with Crippen LogP contribution >= 0.6 is 11.9 Å². The number of hydrogen-bond donors (Lipinski definition) is 3. The van der Waals surface area contributed by atoms with Gasteiger partial charge in [0.25, 0.3) is 5.91 Å². The van der Waals surface area contributed by atoms with Crippen LogP contribution in [0.2, 0.25) is 0 Å². The minimum absolute atomic E-state index is 0.0891. The summed E-state index contributed by atoms with van der Waals surface area (Å²) in [4.78, 5) is 35.7. The molecule has 3 aromatic heterocycles. The Morgan fingerprint density at radius 1 is 1.29 bits per heavy atom. The number of carbonyl (C=O) groups is 2. The van der Waals surface area contributed by atoms with E-state index in [-0.39, 0.29) is 17.4 Å². The summed E-state index contributed by atoms with van der Waals surface area (Å²) in [6, 6.07) is 9.51. The molecule has 1 aliphatic rings. The van der Waals surface area contributed by atoms with Crippen molar-refractivity contribution in [3.8, 4) is 11.3 Å². The van der Waals surface area contributed by atoms with Crippen LogP contribution in [0.15, 0.2) is 48.9 Å². The molecule has 2 amide bonds. The first-order valence-electron chi connectivity index (χ1n) is 12.4. The summed E-state index contributed by atoms with van der Waals surface area (Å²) in [5.74, 6) is 0.255. The summed E-state index contributed by atoms with van der Waals surface area (Å²) in [6.45, 7) is 4.67. The Morgan fingerprint density at radius 3 is 2.74 bits per heavy atom. The quantitative estimate of drug-likeness (QED) is 0.203. The zero-order valence-corrected chi connectivity index (χ0v) is 22.3. The van der Waals surface area contributed by atoms with Gasteiger partial charge in [-0.25, -0.2) is 9.50 Å². The van der Waals surface area contributed by atoms with E-state index in [1.165, 1.54) is 29.3 Å². The molecule has 1 saturated carbocycles. The minimum Gasteiger partial charge on any atom is -0.381 e. The van der Waals surface area contributed by atoms with E-state index in [0.717, 1.165) is 28.8 Å². The number of anilines is 3. The van der Waals surface area contributed by atoms with Crippen molar-refractivity contribution in [2.45, 2.75) is 39.3 Å². The van der Waals surface area contributed by atoms with Gasteiger partial charge in [0.15, 0.2) is 11.5 Å². The van der Waals surface area contributed by atoms with E-state index in [1.54, 1.807) is 30.7 Å². The lowest BCUT2D eigenvalue weighted by atomic mass is 9.99. The van der Waals surface area contributed by atoms with E-state index in [4.69, 9.17) is 10.7 Å². The number of hydrogen-bond acceptors (Lipinski definition) is 8. The summed E-state index contributed by atoms with van der Waals surface area (Å²) in [6.07, 6.45) is 10.2. The number of nitrogen functional groups attached to an aromatic ring is 1. The van der Waals surface area contributed by atoms with Crippen LogP contribution in [0.1, 0.15) is 41.3 Å².